The standard InChI is InChI=1S/C12H25N/c1-10-7-8-11(2,3)13(6)12(4,5)9-10/h10H,7-9H2,1-6H3. The predicted octanol–water partition coefficient (Wildman–Crippen LogP) is 3.30. The fourth-order valence-electron chi connectivity index (χ4n) is 2.68. The molecule has 1 fully saturated rings. The first-order valence-corrected chi connectivity index (χ1v) is 5.50. The minimum absolute atomic E-state index is 0.361. The topological polar surface area (TPSA) is 3.24 Å². The van der Waals surface area contributed by atoms with Gasteiger partial charge in [0, 0.05) is 11.1 Å². The van der Waals surface area contributed by atoms with E-state index in [1.54, 1.807) is 0 Å². The largest absolute Gasteiger partial charge is 0.296 e. The minimum Gasteiger partial charge on any atom is -0.296 e. The van der Waals surface area contributed by atoms with Gasteiger partial charge in [0.1, 0.15) is 0 Å². The van der Waals surface area contributed by atoms with Gasteiger partial charge in [-0.2, -0.15) is 0 Å². The van der Waals surface area contributed by atoms with Crippen molar-refractivity contribution in [2.45, 2.75) is 65.0 Å². The Kier molecular flexibility index (Phi) is 2.78. The molecule has 0 aliphatic carbocycles. The fraction of sp³-hybridized carbons (Fsp3) is 1.00. The first-order chi connectivity index (χ1) is 5.76. The Hall–Kier alpha value is -0.0400. The highest BCUT2D eigenvalue weighted by Crippen LogP contribution is 2.37. The first-order valence-electron chi connectivity index (χ1n) is 5.50. The van der Waals surface area contributed by atoms with E-state index in [1.165, 1.54) is 19.3 Å². The quantitative estimate of drug-likeness (QED) is 0.557. The molecule has 0 N–H and O–H groups in total. The summed E-state index contributed by atoms with van der Waals surface area (Å²) in [6.45, 7) is 11.9. The van der Waals surface area contributed by atoms with Crippen LogP contribution in [0.4, 0.5) is 0 Å². The maximum Gasteiger partial charge on any atom is 0.0158 e. The van der Waals surface area contributed by atoms with E-state index in [-0.39, 0.29) is 0 Å². The third-order valence-electron chi connectivity index (χ3n) is 3.91. The molecule has 0 aromatic carbocycles. The van der Waals surface area contributed by atoms with Crippen molar-refractivity contribution in [3.05, 3.63) is 0 Å². The second kappa shape index (κ2) is 3.27. The first kappa shape index (κ1) is 11.0. The Labute approximate surface area is 83.5 Å². The zero-order valence-corrected chi connectivity index (χ0v) is 10.1. The van der Waals surface area contributed by atoms with Crippen LogP contribution in [0.5, 0.6) is 0 Å². The van der Waals surface area contributed by atoms with Gasteiger partial charge < -0.3 is 0 Å². The van der Waals surface area contributed by atoms with Crippen molar-refractivity contribution < 1.29 is 0 Å². The molecule has 1 nitrogen and oxygen atoms in total. The van der Waals surface area contributed by atoms with Crippen molar-refractivity contribution in [3.8, 4) is 0 Å². The van der Waals surface area contributed by atoms with Crippen LogP contribution >= 0.6 is 0 Å². The summed E-state index contributed by atoms with van der Waals surface area (Å²) in [6.07, 6.45) is 4.03. The van der Waals surface area contributed by atoms with Crippen LogP contribution in [-0.4, -0.2) is 23.0 Å². The summed E-state index contributed by atoms with van der Waals surface area (Å²) >= 11 is 0. The van der Waals surface area contributed by atoms with Crippen LogP contribution in [0.15, 0.2) is 0 Å². The van der Waals surface area contributed by atoms with Gasteiger partial charge >= 0.3 is 0 Å². The maximum atomic E-state index is 2.56. The van der Waals surface area contributed by atoms with Crippen molar-refractivity contribution in [1.82, 2.24) is 4.90 Å². The number of hydrogen-bond acceptors (Lipinski definition) is 1. The van der Waals surface area contributed by atoms with Crippen LogP contribution in [-0.2, 0) is 0 Å². The van der Waals surface area contributed by atoms with E-state index in [0.717, 1.165) is 5.92 Å². The van der Waals surface area contributed by atoms with Gasteiger partial charge in [-0.3, -0.25) is 4.90 Å². The van der Waals surface area contributed by atoms with Gasteiger partial charge in [0.15, 0.2) is 0 Å². The number of likely N-dealkylation sites (tertiary alicyclic amines) is 1. The van der Waals surface area contributed by atoms with Crippen LogP contribution in [0, 0.1) is 5.92 Å². The molecule has 1 heteroatoms. The number of hydrogen-bond donors (Lipinski definition) is 0. The van der Waals surface area contributed by atoms with E-state index in [9.17, 15) is 0 Å². The normalized spacial score (nSPS) is 34.2. The van der Waals surface area contributed by atoms with Crippen molar-refractivity contribution in [2.75, 3.05) is 7.05 Å². The number of nitrogens with zero attached hydrogens (tertiary/aromatic N) is 1. The molecule has 1 rings (SSSR count). The molecule has 0 amide bonds. The highest BCUT2D eigenvalue weighted by Gasteiger charge is 2.38. The number of rotatable bonds is 0. The fourth-order valence-corrected chi connectivity index (χ4v) is 2.68. The van der Waals surface area contributed by atoms with E-state index in [0.29, 0.717) is 11.1 Å². The second-order valence-electron chi connectivity index (χ2n) is 6.03. The molecule has 0 aromatic rings. The lowest BCUT2D eigenvalue weighted by molar-refractivity contribution is 0.0470. The average molecular weight is 183 g/mol. The Morgan fingerprint density at radius 3 is 2.15 bits per heavy atom. The third kappa shape index (κ3) is 2.25. The van der Waals surface area contributed by atoms with E-state index in [1.807, 2.05) is 0 Å². The molecule has 1 unspecified atom stereocenters. The molecule has 1 atom stereocenters. The van der Waals surface area contributed by atoms with Crippen molar-refractivity contribution in [3.63, 3.8) is 0 Å². The lowest BCUT2D eigenvalue weighted by atomic mass is 9.90. The monoisotopic (exact) mass is 183 g/mol. The predicted molar refractivity (Wildman–Crippen MR) is 58.9 cm³/mol. The maximum absolute atomic E-state index is 2.56. The molecular formula is C12H25N. The molecule has 1 aliphatic rings. The highest BCUT2D eigenvalue weighted by atomic mass is 15.2. The Morgan fingerprint density at radius 2 is 1.62 bits per heavy atom. The summed E-state index contributed by atoms with van der Waals surface area (Å²) < 4.78 is 0. The summed E-state index contributed by atoms with van der Waals surface area (Å²) in [6, 6.07) is 0. The molecule has 0 spiro atoms. The van der Waals surface area contributed by atoms with Crippen molar-refractivity contribution >= 4 is 0 Å². The van der Waals surface area contributed by atoms with Crippen molar-refractivity contribution in [2.24, 2.45) is 5.92 Å². The third-order valence-corrected chi connectivity index (χ3v) is 3.91. The molecule has 1 aliphatic heterocycles. The summed E-state index contributed by atoms with van der Waals surface area (Å²) in [5.74, 6) is 0.874. The molecule has 1 heterocycles. The zero-order valence-electron chi connectivity index (χ0n) is 10.1. The van der Waals surface area contributed by atoms with Gasteiger partial charge in [-0.25, -0.2) is 0 Å². The SMILES string of the molecule is CC1CCC(C)(C)N(C)C(C)(C)C1. The summed E-state index contributed by atoms with van der Waals surface area (Å²) in [5, 5.41) is 0. The van der Waals surface area contributed by atoms with Crippen LogP contribution in [0.2, 0.25) is 0 Å². The van der Waals surface area contributed by atoms with Gasteiger partial charge in [-0.15, -0.1) is 0 Å². The molecule has 0 radical (unpaired) electrons. The van der Waals surface area contributed by atoms with E-state index in [2.05, 4.69) is 46.6 Å². The van der Waals surface area contributed by atoms with E-state index < -0.39 is 0 Å². The lowest BCUT2D eigenvalue weighted by Crippen LogP contribution is -2.51. The van der Waals surface area contributed by atoms with Crippen LogP contribution in [0.1, 0.15) is 53.9 Å². The van der Waals surface area contributed by atoms with Crippen LogP contribution < -0.4 is 0 Å². The Bertz CT molecular complexity index is 182. The molecular weight excluding hydrogens is 158 g/mol. The Morgan fingerprint density at radius 1 is 1.08 bits per heavy atom. The van der Waals surface area contributed by atoms with Gasteiger partial charge in [0.2, 0.25) is 0 Å². The lowest BCUT2D eigenvalue weighted by Gasteiger charge is -2.44. The summed E-state index contributed by atoms with van der Waals surface area (Å²) in [7, 11) is 2.28. The van der Waals surface area contributed by atoms with Crippen LogP contribution in [0.3, 0.4) is 0 Å². The summed E-state index contributed by atoms with van der Waals surface area (Å²) in [5.41, 5.74) is 0.730. The van der Waals surface area contributed by atoms with E-state index in [4.69, 9.17) is 0 Å². The zero-order chi connectivity index (χ0) is 10.3. The second-order valence-corrected chi connectivity index (χ2v) is 6.03. The molecule has 0 bridgehead atoms. The highest BCUT2D eigenvalue weighted by molar-refractivity contribution is 4.94. The molecule has 0 aromatic heterocycles. The molecule has 78 valence electrons. The minimum atomic E-state index is 0.361. The van der Waals surface area contributed by atoms with Gasteiger partial charge in [0.05, 0.1) is 0 Å². The van der Waals surface area contributed by atoms with Crippen LogP contribution in [0.25, 0.3) is 0 Å². The van der Waals surface area contributed by atoms with Crippen molar-refractivity contribution in [1.29, 1.82) is 0 Å². The average Bonchev–Trinajstić information content (AvgIpc) is 2.03. The van der Waals surface area contributed by atoms with E-state index >= 15 is 0 Å². The molecule has 1 saturated heterocycles. The van der Waals surface area contributed by atoms with Gasteiger partial charge in [0.25, 0.3) is 0 Å². The smallest absolute Gasteiger partial charge is 0.0158 e. The summed E-state index contributed by atoms with van der Waals surface area (Å²) in [4.78, 5) is 2.56. The van der Waals surface area contributed by atoms with Gasteiger partial charge in [-0.1, -0.05) is 6.92 Å². The van der Waals surface area contributed by atoms with Gasteiger partial charge in [-0.05, 0) is 59.9 Å². The molecule has 13 heavy (non-hydrogen) atoms. The molecule has 0 saturated carbocycles. The Balaban J connectivity index is 2.87.